The number of aliphatic hydroxyl groups is 1. The van der Waals surface area contributed by atoms with E-state index < -0.39 is 5.60 Å². The summed E-state index contributed by atoms with van der Waals surface area (Å²) < 4.78 is 18.1. The zero-order valence-electron chi connectivity index (χ0n) is 13.3. The number of hydrogen-bond acceptors (Lipinski definition) is 3. The molecule has 2 rings (SSSR count). The molecule has 0 saturated heterocycles. The molecule has 6 heteroatoms. The molecule has 3 N–H and O–H groups in total. The molecule has 1 aromatic carbocycles. The van der Waals surface area contributed by atoms with Crippen LogP contribution in [0.2, 0.25) is 0 Å². The van der Waals surface area contributed by atoms with Gasteiger partial charge in [-0.05, 0) is 37.5 Å². The summed E-state index contributed by atoms with van der Waals surface area (Å²) in [6.07, 6.45) is 3.75. The third-order valence-electron chi connectivity index (χ3n) is 3.85. The van der Waals surface area contributed by atoms with Gasteiger partial charge in [0.15, 0.2) is 0 Å². The zero-order valence-corrected chi connectivity index (χ0v) is 13.3. The fourth-order valence-corrected chi connectivity index (χ4v) is 2.35. The predicted octanol–water partition coefficient (Wildman–Crippen LogP) is 2.07. The number of halogens is 1. The van der Waals surface area contributed by atoms with E-state index in [1.54, 1.807) is 6.92 Å². The van der Waals surface area contributed by atoms with Crippen molar-refractivity contribution < 1.29 is 19.0 Å². The summed E-state index contributed by atoms with van der Waals surface area (Å²) in [6.45, 7) is 3.53. The van der Waals surface area contributed by atoms with Crippen molar-refractivity contribution in [1.29, 1.82) is 0 Å². The molecule has 5 nitrogen and oxygen atoms in total. The van der Waals surface area contributed by atoms with Gasteiger partial charge in [0.25, 0.3) is 0 Å². The summed E-state index contributed by atoms with van der Waals surface area (Å²) >= 11 is 0. The van der Waals surface area contributed by atoms with Crippen LogP contribution >= 0.6 is 0 Å². The first-order valence-corrected chi connectivity index (χ1v) is 7.73. The molecule has 2 amide bonds. The van der Waals surface area contributed by atoms with Gasteiger partial charge in [-0.3, -0.25) is 0 Å². The highest BCUT2D eigenvalue weighted by atomic mass is 19.1. The maximum Gasteiger partial charge on any atom is 0.314 e. The highest BCUT2D eigenvalue weighted by Crippen LogP contribution is 2.19. The van der Waals surface area contributed by atoms with Gasteiger partial charge in [0.05, 0.1) is 19.8 Å². The van der Waals surface area contributed by atoms with Crippen molar-refractivity contribution in [2.24, 2.45) is 0 Å². The number of carbonyl (C=O) groups is 1. The minimum Gasteiger partial charge on any atom is -0.384 e. The third-order valence-corrected chi connectivity index (χ3v) is 3.85. The number of rotatable bonds is 6. The van der Waals surface area contributed by atoms with E-state index in [0.29, 0.717) is 18.7 Å². The molecule has 0 radical (unpaired) electrons. The smallest absolute Gasteiger partial charge is 0.314 e. The second-order valence-corrected chi connectivity index (χ2v) is 5.83. The number of hydrogen-bond donors (Lipinski definition) is 3. The lowest BCUT2D eigenvalue weighted by Crippen LogP contribution is -2.43. The van der Waals surface area contributed by atoms with Gasteiger partial charge in [0.2, 0.25) is 0 Å². The Bertz CT molecular complexity index is 555. The topological polar surface area (TPSA) is 70.6 Å². The Morgan fingerprint density at radius 1 is 1.35 bits per heavy atom. The van der Waals surface area contributed by atoms with E-state index >= 15 is 0 Å². The summed E-state index contributed by atoms with van der Waals surface area (Å²) in [5, 5.41) is 15.8. The van der Waals surface area contributed by atoms with Crippen LogP contribution in [-0.2, 0) is 10.3 Å². The lowest BCUT2D eigenvalue weighted by atomic mass is 9.96. The molecular formula is C17H23FN2O3. The molecule has 1 unspecified atom stereocenters. The Kier molecular flexibility index (Phi) is 6.12. The van der Waals surface area contributed by atoms with Crippen LogP contribution in [0.1, 0.15) is 25.3 Å². The first kappa shape index (κ1) is 17.4. The third kappa shape index (κ3) is 5.65. The van der Waals surface area contributed by atoms with Crippen molar-refractivity contribution in [2.75, 3.05) is 26.3 Å². The Morgan fingerprint density at radius 2 is 2.09 bits per heavy atom. The van der Waals surface area contributed by atoms with Gasteiger partial charge in [-0.15, -0.1) is 0 Å². The van der Waals surface area contributed by atoms with Crippen LogP contribution in [-0.4, -0.2) is 37.4 Å². The Balaban J connectivity index is 1.72. The average molecular weight is 322 g/mol. The maximum absolute atomic E-state index is 12.9. The van der Waals surface area contributed by atoms with E-state index in [-0.39, 0.29) is 18.4 Å². The molecule has 1 aromatic rings. The number of urea groups is 1. The highest BCUT2D eigenvalue weighted by Gasteiger charge is 2.23. The molecule has 23 heavy (non-hydrogen) atoms. The predicted molar refractivity (Wildman–Crippen MR) is 85.5 cm³/mol. The van der Waals surface area contributed by atoms with Crippen molar-refractivity contribution in [3.8, 4) is 0 Å². The fourth-order valence-electron chi connectivity index (χ4n) is 2.35. The van der Waals surface area contributed by atoms with Crippen molar-refractivity contribution in [2.45, 2.75) is 25.4 Å². The van der Waals surface area contributed by atoms with Crippen LogP contribution < -0.4 is 10.6 Å². The molecule has 126 valence electrons. The van der Waals surface area contributed by atoms with Crippen LogP contribution in [0.25, 0.3) is 0 Å². The van der Waals surface area contributed by atoms with E-state index in [1.165, 1.54) is 29.8 Å². The molecule has 1 aliphatic rings. The van der Waals surface area contributed by atoms with E-state index in [9.17, 15) is 14.3 Å². The minimum atomic E-state index is -1.26. The standard InChI is InChI=1S/C17H23FN2O3/c1-17(22,14-2-4-15(18)5-3-14)12-20-16(21)19-9-6-13-7-10-23-11-8-13/h2-5,7,22H,6,8-12H2,1H3,(H2,19,20,21). The normalized spacial score (nSPS) is 17.1. The summed E-state index contributed by atoms with van der Waals surface area (Å²) in [7, 11) is 0. The van der Waals surface area contributed by atoms with Crippen LogP contribution in [0, 0.1) is 5.82 Å². The molecule has 1 aliphatic heterocycles. The second-order valence-electron chi connectivity index (χ2n) is 5.83. The van der Waals surface area contributed by atoms with Gasteiger partial charge in [-0.1, -0.05) is 23.8 Å². The van der Waals surface area contributed by atoms with Crippen LogP contribution in [0.5, 0.6) is 0 Å². The lowest BCUT2D eigenvalue weighted by molar-refractivity contribution is 0.0593. The fraction of sp³-hybridized carbons (Fsp3) is 0.471. The van der Waals surface area contributed by atoms with Gasteiger partial charge >= 0.3 is 6.03 Å². The number of ether oxygens (including phenoxy) is 1. The van der Waals surface area contributed by atoms with Gasteiger partial charge in [0.1, 0.15) is 11.4 Å². The van der Waals surface area contributed by atoms with Gasteiger partial charge in [-0.2, -0.15) is 0 Å². The Morgan fingerprint density at radius 3 is 2.74 bits per heavy atom. The summed E-state index contributed by atoms with van der Waals surface area (Å²) in [6, 6.07) is 5.25. The minimum absolute atomic E-state index is 0.0427. The lowest BCUT2D eigenvalue weighted by Gasteiger charge is -2.24. The number of amides is 2. The van der Waals surface area contributed by atoms with Crippen LogP contribution in [0.15, 0.2) is 35.9 Å². The van der Waals surface area contributed by atoms with Crippen molar-refractivity contribution >= 4 is 6.03 Å². The molecule has 0 aliphatic carbocycles. The average Bonchev–Trinajstić information content (AvgIpc) is 2.54. The first-order valence-electron chi connectivity index (χ1n) is 7.73. The molecule has 0 bridgehead atoms. The molecule has 1 heterocycles. The van der Waals surface area contributed by atoms with Gasteiger partial charge in [0, 0.05) is 6.54 Å². The number of benzene rings is 1. The maximum atomic E-state index is 12.9. The van der Waals surface area contributed by atoms with Crippen molar-refractivity contribution in [1.82, 2.24) is 10.6 Å². The van der Waals surface area contributed by atoms with Crippen LogP contribution in [0.4, 0.5) is 9.18 Å². The molecule has 0 fully saturated rings. The SMILES string of the molecule is CC(O)(CNC(=O)NCCC1=CCOCC1)c1ccc(F)cc1. The number of carbonyl (C=O) groups excluding carboxylic acids is 1. The Hall–Kier alpha value is -1.92. The molecule has 0 spiro atoms. The number of nitrogens with one attached hydrogen (secondary N) is 2. The van der Waals surface area contributed by atoms with Crippen molar-refractivity contribution in [3.05, 3.63) is 47.3 Å². The first-order chi connectivity index (χ1) is 11.0. The molecule has 0 saturated carbocycles. The monoisotopic (exact) mass is 322 g/mol. The van der Waals surface area contributed by atoms with E-state index in [4.69, 9.17) is 4.74 Å². The molecule has 1 atom stereocenters. The second kappa shape index (κ2) is 8.08. The zero-order chi connectivity index (χ0) is 16.7. The van der Waals surface area contributed by atoms with E-state index in [2.05, 4.69) is 10.6 Å². The highest BCUT2D eigenvalue weighted by molar-refractivity contribution is 5.73. The summed E-state index contributed by atoms with van der Waals surface area (Å²) in [5.41, 5.74) is 0.579. The van der Waals surface area contributed by atoms with Gasteiger partial charge < -0.3 is 20.5 Å². The van der Waals surface area contributed by atoms with Crippen LogP contribution in [0.3, 0.4) is 0 Å². The van der Waals surface area contributed by atoms with E-state index in [1.807, 2.05) is 6.08 Å². The largest absolute Gasteiger partial charge is 0.384 e. The summed E-state index contributed by atoms with van der Waals surface area (Å²) in [5.74, 6) is -0.363. The van der Waals surface area contributed by atoms with Gasteiger partial charge in [-0.25, -0.2) is 9.18 Å². The summed E-state index contributed by atoms with van der Waals surface area (Å²) in [4.78, 5) is 11.8. The van der Waals surface area contributed by atoms with Crippen molar-refractivity contribution in [3.63, 3.8) is 0 Å². The Labute approximate surface area is 135 Å². The van der Waals surface area contributed by atoms with E-state index in [0.717, 1.165) is 19.4 Å². The molecule has 0 aromatic heterocycles. The quantitative estimate of drug-likeness (QED) is 0.702. The molecular weight excluding hydrogens is 299 g/mol.